The molecule has 1 aliphatic rings. The van der Waals surface area contributed by atoms with Crippen LogP contribution in [0.2, 0.25) is 0 Å². The third-order valence-electron chi connectivity index (χ3n) is 4.85. The Labute approximate surface area is 176 Å². The third-order valence-corrected chi connectivity index (χ3v) is 5.67. The van der Waals surface area contributed by atoms with Crippen LogP contribution in [0.3, 0.4) is 0 Å². The smallest absolute Gasteiger partial charge is 0.205 e. The highest BCUT2D eigenvalue weighted by Crippen LogP contribution is 2.25. The Morgan fingerprint density at radius 3 is 2.59 bits per heavy atom. The van der Waals surface area contributed by atoms with E-state index in [1.165, 1.54) is 11.5 Å². The van der Waals surface area contributed by atoms with Gasteiger partial charge in [-0.2, -0.15) is 4.37 Å². The highest BCUT2D eigenvalue weighted by molar-refractivity contribution is 7.09. The summed E-state index contributed by atoms with van der Waals surface area (Å²) in [5.74, 6) is 3.42. The second kappa shape index (κ2) is 10.3. The second-order valence-electron chi connectivity index (χ2n) is 6.67. The molecule has 1 saturated heterocycles. The molecule has 0 atom stereocenters. The molecule has 0 bridgehead atoms. The van der Waals surface area contributed by atoms with Gasteiger partial charge in [0.15, 0.2) is 5.96 Å². The number of aromatic nitrogens is 2. The predicted molar refractivity (Wildman–Crippen MR) is 117 cm³/mol. The highest BCUT2D eigenvalue weighted by Gasteiger charge is 2.22. The molecule has 158 valence electrons. The van der Waals surface area contributed by atoms with Crippen LogP contribution < -0.4 is 19.7 Å². The van der Waals surface area contributed by atoms with Crippen LogP contribution >= 0.6 is 11.5 Å². The van der Waals surface area contributed by atoms with E-state index in [9.17, 15) is 0 Å². The van der Waals surface area contributed by atoms with Gasteiger partial charge in [0.1, 0.15) is 17.3 Å². The van der Waals surface area contributed by atoms with Crippen LogP contribution in [-0.2, 0) is 13.0 Å². The molecular formula is C20H30N6O2S. The first-order chi connectivity index (χ1) is 14.2. The Morgan fingerprint density at radius 2 is 1.97 bits per heavy atom. The minimum Gasteiger partial charge on any atom is -0.497 e. The van der Waals surface area contributed by atoms with Crippen molar-refractivity contribution in [3.63, 3.8) is 0 Å². The molecule has 29 heavy (non-hydrogen) atoms. The lowest BCUT2D eigenvalue weighted by molar-refractivity contribution is 0.371. The molecular weight excluding hydrogens is 388 g/mol. The zero-order valence-corrected chi connectivity index (χ0v) is 18.5. The Balaban J connectivity index is 1.65. The van der Waals surface area contributed by atoms with Gasteiger partial charge in [0.25, 0.3) is 0 Å². The second-order valence-corrected chi connectivity index (χ2v) is 7.40. The number of methoxy groups -OCH3 is 2. The number of anilines is 1. The van der Waals surface area contributed by atoms with Crippen molar-refractivity contribution in [2.75, 3.05) is 51.8 Å². The molecule has 1 fully saturated rings. The van der Waals surface area contributed by atoms with Gasteiger partial charge in [-0.1, -0.05) is 6.92 Å². The molecule has 1 N–H and O–H groups in total. The van der Waals surface area contributed by atoms with E-state index in [0.717, 1.165) is 73.1 Å². The van der Waals surface area contributed by atoms with E-state index in [-0.39, 0.29) is 0 Å². The van der Waals surface area contributed by atoms with Crippen LogP contribution in [-0.4, -0.2) is 67.2 Å². The lowest BCUT2D eigenvalue weighted by Crippen LogP contribution is -2.52. The van der Waals surface area contributed by atoms with Crippen LogP contribution in [0.15, 0.2) is 23.2 Å². The molecule has 0 aliphatic carbocycles. The van der Waals surface area contributed by atoms with Crippen molar-refractivity contribution in [2.24, 2.45) is 4.99 Å². The van der Waals surface area contributed by atoms with Crippen LogP contribution in [0, 0.1) is 0 Å². The fraction of sp³-hybridized carbons (Fsp3) is 0.550. The van der Waals surface area contributed by atoms with E-state index in [4.69, 9.17) is 14.5 Å². The van der Waals surface area contributed by atoms with Crippen molar-refractivity contribution in [3.8, 4) is 11.5 Å². The van der Waals surface area contributed by atoms with Crippen molar-refractivity contribution in [1.29, 1.82) is 0 Å². The van der Waals surface area contributed by atoms with E-state index in [0.29, 0.717) is 6.54 Å². The minimum atomic E-state index is 0.548. The van der Waals surface area contributed by atoms with Gasteiger partial charge in [-0.25, -0.2) is 9.98 Å². The van der Waals surface area contributed by atoms with Crippen LogP contribution in [0.4, 0.5) is 5.13 Å². The Hall–Kier alpha value is -2.55. The number of hydrogen-bond donors (Lipinski definition) is 1. The predicted octanol–water partition coefficient (Wildman–Crippen LogP) is 2.41. The summed E-state index contributed by atoms with van der Waals surface area (Å²) < 4.78 is 15.2. The molecule has 9 heteroatoms. The number of nitrogens with one attached hydrogen (secondary N) is 1. The fourth-order valence-electron chi connectivity index (χ4n) is 3.19. The third kappa shape index (κ3) is 5.29. The Kier molecular flexibility index (Phi) is 7.51. The number of hydrogen-bond acceptors (Lipinski definition) is 7. The largest absolute Gasteiger partial charge is 0.497 e. The Bertz CT molecular complexity index is 817. The lowest BCUT2D eigenvalue weighted by atomic mass is 10.2. The SMILES string of the molecule is CCNC(=NCc1ccc(OC)cc1OC)N1CCN(c2nc(CC)ns2)CC1. The van der Waals surface area contributed by atoms with E-state index >= 15 is 0 Å². The molecule has 1 aromatic heterocycles. The zero-order valence-electron chi connectivity index (χ0n) is 17.6. The summed E-state index contributed by atoms with van der Waals surface area (Å²) in [5, 5.41) is 4.44. The Morgan fingerprint density at radius 1 is 1.17 bits per heavy atom. The number of ether oxygens (including phenoxy) is 2. The summed E-state index contributed by atoms with van der Waals surface area (Å²) in [6, 6.07) is 5.83. The first-order valence-electron chi connectivity index (χ1n) is 10.00. The highest BCUT2D eigenvalue weighted by atomic mass is 32.1. The molecule has 0 spiro atoms. The number of benzene rings is 1. The zero-order chi connectivity index (χ0) is 20.6. The summed E-state index contributed by atoms with van der Waals surface area (Å²) in [4.78, 5) is 14.1. The maximum absolute atomic E-state index is 5.50. The first-order valence-corrected chi connectivity index (χ1v) is 10.8. The van der Waals surface area contributed by atoms with E-state index in [2.05, 4.69) is 38.3 Å². The normalized spacial score (nSPS) is 14.8. The topological polar surface area (TPSA) is 75.1 Å². The first kappa shape index (κ1) is 21.2. The number of aliphatic imine (C=N–C) groups is 1. The summed E-state index contributed by atoms with van der Waals surface area (Å²) in [6.45, 7) is 9.16. The van der Waals surface area contributed by atoms with Crippen molar-refractivity contribution >= 4 is 22.6 Å². The van der Waals surface area contributed by atoms with Crippen molar-refractivity contribution in [1.82, 2.24) is 19.6 Å². The van der Waals surface area contributed by atoms with Gasteiger partial charge in [-0.15, -0.1) is 0 Å². The van der Waals surface area contributed by atoms with Crippen LogP contribution in [0.25, 0.3) is 0 Å². The van der Waals surface area contributed by atoms with Gasteiger partial charge >= 0.3 is 0 Å². The van der Waals surface area contributed by atoms with E-state index in [1.54, 1.807) is 14.2 Å². The summed E-state index contributed by atoms with van der Waals surface area (Å²) in [7, 11) is 3.32. The average Bonchev–Trinajstić information content (AvgIpc) is 3.26. The van der Waals surface area contributed by atoms with Crippen LogP contribution in [0.1, 0.15) is 25.2 Å². The number of nitrogens with zero attached hydrogens (tertiary/aromatic N) is 5. The van der Waals surface area contributed by atoms with Crippen molar-refractivity contribution in [2.45, 2.75) is 26.8 Å². The lowest BCUT2D eigenvalue weighted by Gasteiger charge is -2.36. The monoisotopic (exact) mass is 418 g/mol. The molecule has 8 nitrogen and oxygen atoms in total. The van der Waals surface area contributed by atoms with E-state index < -0.39 is 0 Å². The fourth-order valence-corrected chi connectivity index (χ4v) is 4.00. The molecule has 3 rings (SSSR count). The summed E-state index contributed by atoms with van der Waals surface area (Å²) in [5.41, 5.74) is 1.03. The van der Waals surface area contributed by atoms with Gasteiger partial charge in [0.05, 0.1) is 20.8 Å². The summed E-state index contributed by atoms with van der Waals surface area (Å²) in [6.07, 6.45) is 0.877. The maximum atomic E-state index is 5.50. The number of piperazine rings is 1. The summed E-state index contributed by atoms with van der Waals surface area (Å²) >= 11 is 1.49. The van der Waals surface area contributed by atoms with Crippen molar-refractivity contribution < 1.29 is 9.47 Å². The average molecular weight is 419 g/mol. The van der Waals surface area contributed by atoms with Gasteiger partial charge in [0, 0.05) is 62.3 Å². The van der Waals surface area contributed by atoms with Crippen molar-refractivity contribution in [3.05, 3.63) is 29.6 Å². The van der Waals surface area contributed by atoms with E-state index in [1.807, 2.05) is 18.2 Å². The van der Waals surface area contributed by atoms with Gasteiger partial charge < -0.3 is 24.6 Å². The van der Waals surface area contributed by atoms with Gasteiger partial charge in [-0.3, -0.25) is 0 Å². The standard InChI is InChI=1S/C20H30N6O2S/c1-5-18-23-20(29-24-18)26-11-9-25(10-12-26)19(21-6-2)22-14-15-7-8-16(27-3)13-17(15)28-4/h7-8,13H,5-6,9-12,14H2,1-4H3,(H,21,22). The molecule has 2 heterocycles. The van der Waals surface area contributed by atoms with Crippen LogP contribution in [0.5, 0.6) is 11.5 Å². The van der Waals surface area contributed by atoms with Gasteiger partial charge in [0.2, 0.25) is 5.13 Å². The molecule has 2 aromatic rings. The van der Waals surface area contributed by atoms with Gasteiger partial charge in [-0.05, 0) is 19.1 Å². The molecule has 0 saturated carbocycles. The quantitative estimate of drug-likeness (QED) is 0.547. The molecule has 0 amide bonds. The number of guanidine groups is 1. The number of rotatable bonds is 7. The molecule has 0 unspecified atom stereocenters. The number of aryl methyl sites for hydroxylation is 1. The minimum absolute atomic E-state index is 0.548. The molecule has 0 radical (unpaired) electrons. The molecule has 1 aromatic carbocycles. The maximum Gasteiger partial charge on any atom is 0.205 e. The molecule has 1 aliphatic heterocycles.